The molecule has 0 aromatic heterocycles. The molecular weight excluding hydrogens is 327 g/mol. The fourth-order valence-electron chi connectivity index (χ4n) is 2.77. The summed E-state index contributed by atoms with van der Waals surface area (Å²) in [6.07, 6.45) is 0. The van der Waals surface area contributed by atoms with Crippen LogP contribution < -0.4 is 10.6 Å². The molecule has 0 aliphatic heterocycles. The van der Waals surface area contributed by atoms with Crippen LogP contribution in [0.5, 0.6) is 0 Å². The number of anilines is 1. The van der Waals surface area contributed by atoms with Crippen molar-refractivity contribution >= 4 is 11.6 Å². The van der Waals surface area contributed by atoms with Crippen LogP contribution in [0.4, 0.5) is 10.1 Å². The highest BCUT2D eigenvalue weighted by Crippen LogP contribution is 2.22. The Bertz CT molecular complexity index is 846. The van der Waals surface area contributed by atoms with Crippen molar-refractivity contribution in [3.63, 3.8) is 0 Å². The first kappa shape index (κ1) is 17.8. The number of hydrogen-bond donors (Lipinski definition) is 2. The standard InChI is InChI=1S/C22H21FN2O/c1-16-7-13-20(14-8-16)25-21(26)15-24-22(17-5-3-2-4-6-17)18-9-11-19(23)12-10-18/h2-14,22,24H,15H2,1H3,(H,25,26). The van der Waals surface area contributed by atoms with Gasteiger partial charge in [0.15, 0.2) is 0 Å². The maximum absolute atomic E-state index is 13.3. The molecule has 0 bridgehead atoms. The molecule has 0 spiro atoms. The summed E-state index contributed by atoms with van der Waals surface area (Å²) in [7, 11) is 0. The van der Waals surface area contributed by atoms with Crippen LogP contribution in [-0.4, -0.2) is 12.5 Å². The number of hydrogen-bond acceptors (Lipinski definition) is 2. The average molecular weight is 348 g/mol. The van der Waals surface area contributed by atoms with Crippen molar-refractivity contribution in [2.75, 3.05) is 11.9 Å². The van der Waals surface area contributed by atoms with Crippen LogP contribution in [0.2, 0.25) is 0 Å². The van der Waals surface area contributed by atoms with E-state index in [1.165, 1.54) is 12.1 Å². The molecule has 4 heteroatoms. The van der Waals surface area contributed by atoms with Gasteiger partial charge in [-0.3, -0.25) is 10.1 Å². The number of halogens is 1. The van der Waals surface area contributed by atoms with Crippen LogP contribution in [0.15, 0.2) is 78.9 Å². The van der Waals surface area contributed by atoms with Crippen molar-refractivity contribution in [2.45, 2.75) is 13.0 Å². The molecule has 3 aromatic rings. The SMILES string of the molecule is Cc1ccc(NC(=O)CNC(c2ccccc2)c2ccc(F)cc2)cc1. The Morgan fingerprint density at radius 2 is 1.50 bits per heavy atom. The third-order valence-corrected chi connectivity index (χ3v) is 4.14. The minimum Gasteiger partial charge on any atom is -0.325 e. The van der Waals surface area contributed by atoms with Gasteiger partial charge >= 0.3 is 0 Å². The summed E-state index contributed by atoms with van der Waals surface area (Å²) in [6.45, 7) is 2.14. The number of benzene rings is 3. The molecule has 2 N–H and O–H groups in total. The molecule has 1 unspecified atom stereocenters. The largest absolute Gasteiger partial charge is 0.325 e. The molecule has 0 heterocycles. The van der Waals surface area contributed by atoms with E-state index in [0.29, 0.717) is 0 Å². The molecule has 3 aromatic carbocycles. The first-order valence-electron chi connectivity index (χ1n) is 8.52. The molecule has 26 heavy (non-hydrogen) atoms. The highest BCUT2D eigenvalue weighted by molar-refractivity contribution is 5.92. The first-order valence-corrected chi connectivity index (χ1v) is 8.52. The van der Waals surface area contributed by atoms with Gasteiger partial charge in [0.05, 0.1) is 12.6 Å². The van der Waals surface area contributed by atoms with Gasteiger partial charge in [-0.25, -0.2) is 4.39 Å². The maximum Gasteiger partial charge on any atom is 0.238 e. The van der Waals surface area contributed by atoms with Gasteiger partial charge in [0.25, 0.3) is 0 Å². The van der Waals surface area contributed by atoms with Crippen LogP contribution in [0.1, 0.15) is 22.7 Å². The molecule has 0 saturated heterocycles. The topological polar surface area (TPSA) is 41.1 Å². The smallest absolute Gasteiger partial charge is 0.238 e. The normalized spacial score (nSPS) is 11.8. The van der Waals surface area contributed by atoms with E-state index in [-0.39, 0.29) is 24.3 Å². The third-order valence-electron chi connectivity index (χ3n) is 4.14. The van der Waals surface area contributed by atoms with Gasteiger partial charge in [-0.1, -0.05) is 60.2 Å². The third kappa shape index (κ3) is 4.77. The van der Waals surface area contributed by atoms with E-state index in [9.17, 15) is 9.18 Å². The monoisotopic (exact) mass is 348 g/mol. The lowest BCUT2D eigenvalue weighted by Gasteiger charge is -2.20. The zero-order chi connectivity index (χ0) is 18.4. The molecule has 0 fully saturated rings. The van der Waals surface area contributed by atoms with Gasteiger partial charge < -0.3 is 5.32 Å². The molecule has 132 valence electrons. The van der Waals surface area contributed by atoms with Crippen LogP contribution >= 0.6 is 0 Å². The van der Waals surface area contributed by atoms with Crippen LogP contribution in [0, 0.1) is 12.7 Å². The number of nitrogens with one attached hydrogen (secondary N) is 2. The Kier molecular flexibility index (Phi) is 5.77. The van der Waals surface area contributed by atoms with Crippen molar-refractivity contribution in [3.05, 3.63) is 101 Å². The quantitative estimate of drug-likeness (QED) is 0.691. The number of carbonyl (C=O) groups is 1. The molecule has 3 nitrogen and oxygen atoms in total. The van der Waals surface area contributed by atoms with Crippen LogP contribution in [0.3, 0.4) is 0 Å². The summed E-state index contributed by atoms with van der Waals surface area (Å²) in [5.74, 6) is -0.408. The van der Waals surface area contributed by atoms with E-state index >= 15 is 0 Å². The first-order chi connectivity index (χ1) is 12.6. The van der Waals surface area contributed by atoms with E-state index in [1.54, 1.807) is 12.1 Å². The summed E-state index contributed by atoms with van der Waals surface area (Å²) >= 11 is 0. The van der Waals surface area contributed by atoms with Crippen LogP contribution in [0.25, 0.3) is 0 Å². The van der Waals surface area contributed by atoms with E-state index in [2.05, 4.69) is 10.6 Å². The van der Waals surface area contributed by atoms with Gasteiger partial charge in [0, 0.05) is 5.69 Å². The second kappa shape index (κ2) is 8.41. The van der Waals surface area contributed by atoms with Gasteiger partial charge in [0.1, 0.15) is 5.82 Å². The van der Waals surface area contributed by atoms with Crippen molar-refractivity contribution in [3.8, 4) is 0 Å². The summed E-state index contributed by atoms with van der Waals surface area (Å²) in [5, 5.41) is 6.14. The van der Waals surface area contributed by atoms with Crippen molar-refractivity contribution in [1.82, 2.24) is 5.32 Å². The fourth-order valence-corrected chi connectivity index (χ4v) is 2.77. The molecule has 1 amide bonds. The van der Waals surface area contributed by atoms with Gasteiger partial charge in [-0.2, -0.15) is 0 Å². The van der Waals surface area contributed by atoms with Gasteiger partial charge in [-0.15, -0.1) is 0 Å². The molecule has 0 saturated carbocycles. The maximum atomic E-state index is 13.3. The number of carbonyl (C=O) groups excluding carboxylic acids is 1. The number of amides is 1. The summed E-state index contributed by atoms with van der Waals surface area (Å²) in [5.41, 5.74) is 3.82. The Balaban J connectivity index is 1.70. The highest BCUT2D eigenvalue weighted by Gasteiger charge is 2.15. The Labute approximate surface area is 152 Å². The summed E-state index contributed by atoms with van der Waals surface area (Å²) in [6, 6.07) is 23.6. The van der Waals surface area contributed by atoms with Gasteiger partial charge in [-0.05, 0) is 42.3 Å². The second-order valence-corrected chi connectivity index (χ2v) is 6.19. The molecular formula is C22H21FN2O. The fraction of sp³-hybridized carbons (Fsp3) is 0.136. The predicted molar refractivity (Wildman–Crippen MR) is 102 cm³/mol. The van der Waals surface area contributed by atoms with Crippen molar-refractivity contribution in [1.29, 1.82) is 0 Å². The molecule has 0 radical (unpaired) electrons. The van der Waals surface area contributed by atoms with Crippen molar-refractivity contribution < 1.29 is 9.18 Å². The second-order valence-electron chi connectivity index (χ2n) is 6.19. The highest BCUT2D eigenvalue weighted by atomic mass is 19.1. The molecule has 3 rings (SSSR count). The average Bonchev–Trinajstić information content (AvgIpc) is 2.66. The van der Waals surface area contributed by atoms with E-state index in [1.807, 2.05) is 61.5 Å². The zero-order valence-corrected chi connectivity index (χ0v) is 14.6. The van der Waals surface area contributed by atoms with E-state index in [0.717, 1.165) is 22.4 Å². The number of aryl methyl sites for hydroxylation is 1. The van der Waals surface area contributed by atoms with Crippen LogP contribution in [-0.2, 0) is 4.79 Å². The van der Waals surface area contributed by atoms with E-state index in [4.69, 9.17) is 0 Å². The lowest BCUT2D eigenvalue weighted by atomic mass is 9.98. The Morgan fingerprint density at radius 1 is 0.885 bits per heavy atom. The number of rotatable bonds is 6. The summed E-state index contributed by atoms with van der Waals surface area (Å²) < 4.78 is 13.3. The zero-order valence-electron chi connectivity index (χ0n) is 14.6. The predicted octanol–water partition coefficient (Wildman–Crippen LogP) is 4.45. The van der Waals surface area contributed by atoms with E-state index < -0.39 is 0 Å². The Hall–Kier alpha value is -2.98. The molecule has 0 aliphatic rings. The lowest BCUT2D eigenvalue weighted by Crippen LogP contribution is -2.31. The van der Waals surface area contributed by atoms with Gasteiger partial charge in [0.2, 0.25) is 5.91 Å². The summed E-state index contributed by atoms with van der Waals surface area (Å²) in [4.78, 5) is 12.3. The molecule has 0 aliphatic carbocycles. The minimum atomic E-state index is -0.280. The minimum absolute atomic E-state index is 0.128. The van der Waals surface area contributed by atoms with Crippen molar-refractivity contribution in [2.24, 2.45) is 0 Å². The molecule has 1 atom stereocenters. The lowest BCUT2D eigenvalue weighted by molar-refractivity contribution is -0.115. The Morgan fingerprint density at radius 3 is 2.15 bits per heavy atom.